The molecule has 2 fully saturated rings. The van der Waals surface area contributed by atoms with Crippen molar-refractivity contribution in [3.63, 3.8) is 0 Å². The van der Waals surface area contributed by atoms with Crippen LogP contribution in [0.3, 0.4) is 0 Å². The van der Waals surface area contributed by atoms with Crippen LogP contribution in [-0.4, -0.2) is 117 Å². The molecule has 0 atom stereocenters. The van der Waals surface area contributed by atoms with Crippen LogP contribution in [0, 0.1) is 11.8 Å². The number of halogens is 3. The predicted octanol–water partition coefficient (Wildman–Crippen LogP) is 4.73. The summed E-state index contributed by atoms with van der Waals surface area (Å²) in [7, 11) is -2.62. The van der Waals surface area contributed by atoms with Crippen molar-refractivity contribution in [2.45, 2.75) is 84.5 Å². The van der Waals surface area contributed by atoms with Gasteiger partial charge in [-0.15, -0.1) is 0 Å². The number of nitrogens with zero attached hydrogens (tertiary/aromatic N) is 4. The van der Waals surface area contributed by atoms with Gasteiger partial charge in [0.15, 0.2) is 11.3 Å². The Morgan fingerprint density at radius 2 is 1.56 bits per heavy atom. The van der Waals surface area contributed by atoms with Crippen molar-refractivity contribution in [1.82, 2.24) is 13.8 Å². The number of benzene rings is 2. The van der Waals surface area contributed by atoms with Crippen LogP contribution in [0.2, 0.25) is 0 Å². The number of rotatable bonds is 10. The first-order chi connectivity index (χ1) is 27.7. The number of anilines is 1. The lowest BCUT2D eigenvalue weighted by molar-refractivity contribution is -0.146. The van der Waals surface area contributed by atoms with E-state index >= 15 is 13.2 Å². The van der Waals surface area contributed by atoms with Gasteiger partial charge in [0.1, 0.15) is 24.7 Å². The Morgan fingerprint density at radius 1 is 0.898 bits per heavy atom. The number of methoxy groups -OCH3 is 1. The summed E-state index contributed by atoms with van der Waals surface area (Å²) in [6.45, 7) is 14.6. The Kier molecular flexibility index (Phi) is 11.5. The smallest absolute Gasteiger partial charge is 0.417 e. The van der Waals surface area contributed by atoms with Gasteiger partial charge >= 0.3 is 12.1 Å². The van der Waals surface area contributed by atoms with Crippen molar-refractivity contribution in [2.75, 3.05) is 70.2 Å². The average Bonchev–Trinajstić information content (AvgIpc) is 3.17. The summed E-state index contributed by atoms with van der Waals surface area (Å²) >= 11 is 0. The lowest BCUT2D eigenvalue weighted by atomic mass is 9.85. The Hall–Kier alpha value is -4.05. The minimum absolute atomic E-state index is 0.0425. The highest BCUT2D eigenvalue weighted by Gasteiger charge is 2.44. The number of hydrogen-bond donors (Lipinski definition) is 1. The zero-order valence-electron chi connectivity index (χ0n) is 35.0. The summed E-state index contributed by atoms with van der Waals surface area (Å²) in [5.74, 6) is -1.41. The highest BCUT2D eigenvalue weighted by atomic mass is 32.2. The average molecular weight is 842 g/mol. The molecule has 1 N–H and O–H groups in total. The van der Waals surface area contributed by atoms with Gasteiger partial charge in [-0.25, -0.2) is 17.3 Å². The number of ether oxygens (including phenoxy) is 2. The van der Waals surface area contributed by atoms with E-state index in [1.165, 1.54) is 17.5 Å². The quantitative estimate of drug-likeness (QED) is 0.268. The summed E-state index contributed by atoms with van der Waals surface area (Å²) in [5.41, 5.74) is 0.782. The fourth-order valence-corrected chi connectivity index (χ4v) is 11.6. The van der Waals surface area contributed by atoms with Crippen molar-refractivity contribution < 1.29 is 45.8 Å². The first-order valence-electron chi connectivity index (χ1n) is 20.6. The van der Waals surface area contributed by atoms with Gasteiger partial charge in [0.05, 0.1) is 41.5 Å². The fraction of sp³-hybridized carbons (Fsp3) is 0.568. The summed E-state index contributed by atoms with van der Waals surface area (Å²) in [6.07, 6.45) is 1.00. The third-order valence-corrected chi connectivity index (χ3v) is 14.7. The van der Waals surface area contributed by atoms with E-state index in [2.05, 4.69) is 29.4 Å². The number of alkyl halides is 3. The van der Waals surface area contributed by atoms with Gasteiger partial charge < -0.3 is 19.5 Å². The SMILES string of the molecule is CCN1c2cc3c(cc2C(CS(=O)(=O)N2CCC(C(=O)OC)CC2)=CC1(C)C)C(C(F)(F)F)=c1cc2c(cc1O3)=[N+](CC)C(C)(C)C=C2CN1CCC(C(=O)CO)CC1. The Labute approximate surface area is 344 Å². The molecule has 15 heteroatoms. The van der Waals surface area contributed by atoms with Gasteiger partial charge in [-0.2, -0.15) is 13.2 Å². The third kappa shape index (κ3) is 7.99. The van der Waals surface area contributed by atoms with E-state index in [1.807, 2.05) is 38.7 Å². The van der Waals surface area contributed by atoms with Crippen LogP contribution in [0.25, 0.3) is 16.7 Å². The molecule has 0 bridgehead atoms. The summed E-state index contributed by atoms with van der Waals surface area (Å²) in [6, 6.07) is 6.41. The van der Waals surface area contributed by atoms with Gasteiger partial charge in [0, 0.05) is 74.0 Å². The van der Waals surface area contributed by atoms with E-state index in [0.29, 0.717) is 80.8 Å². The van der Waals surface area contributed by atoms with Gasteiger partial charge in [0.2, 0.25) is 15.4 Å². The van der Waals surface area contributed by atoms with Crippen LogP contribution in [0.4, 0.5) is 18.9 Å². The molecular formula is C44H56F3N4O7S+. The number of ketones is 1. The first-order valence-corrected chi connectivity index (χ1v) is 22.2. The molecule has 0 radical (unpaired) electrons. The number of piperidine rings is 2. The molecule has 5 aliphatic rings. The number of esters is 1. The first kappa shape index (κ1) is 43.1. The van der Waals surface area contributed by atoms with E-state index in [1.54, 1.807) is 18.2 Å². The molecular weight excluding hydrogens is 786 g/mol. The minimum Gasteiger partial charge on any atom is -0.469 e. The van der Waals surface area contributed by atoms with E-state index in [-0.39, 0.29) is 59.0 Å². The summed E-state index contributed by atoms with van der Waals surface area (Å²) in [5, 5.41) is 10.1. The van der Waals surface area contributed by atoms with Gasteiger partial charge in [-0.05, 0) is 95.8 Å². The standard InChI is InChI=1S/C44H56F3N4O7S/c1-8-50-35-20-38-33(18-31(35)29(22-42(50,3)4)24-48-14-10-27(11-15-48)37(53)25-52)40(44(45,46)47)34-19-32-30(23-43(5,6)51(9-2)36(32)21-39(34)58-38)26-59(55,56)49-16-12-28(13-17-49)41(54)57-7/h18-23,27-28,52H,8-17,24-26H2,1-7H3/q+1. The second-order valence-electron chi connectivity index (χ2n) is 17.5. The molecule has 0 unspecified atom stereocenters. The highest BCUT2D eigenvalue weighted by Crippen LogP contribution is 2.48. The molecule has 0 aliphatic carbocycles. The third-order valence-electron chi connectivity index (χ3n) is 12.9. The van der Waals surface area contributed by atoms with Crippen LogP contribution in [0.5, 0.6) is 11.5 Å². The molecule has 2 saturated heterocycles. The largest absolute Gasteiger partial charge is 0.469 e. The summed E-state index contributed by atoms with van der Waals surface area (Å²) < 4.78 is 90.0. The molecule has 2 aromatic rings. The number of carbonyl (C=O) groups excluding carboxylic acids is 2. The number of likely N-dealkylation sites (N-methyl/N-ethyl adjacent to an activating group) is 2. The van der Waals surface area contributed by atoms with Gasteiger partial charge in [0.25, 0.3) is 0 Å². The van der Waals surface area contributed by atoms with Crippen molar-refractivity contribution in [3.05, 3.63) is 63.7 Å². The number of sulfonamides is 1. The van der Waals surface area contributed by atoms with E-state index in [0.717, 1.165) is 10.9 Å². The monoisotopic (exact) mass is 841 g/mol. The van der Waals surface area contributed by atoms with Crippen molar-refractivity contribution in [3.8, 4) is 11.5 Å². The Morgan fingerprint density at radius 3 is 2.15 bits per heavy atom. The van der Waals surface area contributed by atoms with Crippen molar-refractivity contribution in [1.29, 1.82) is 0 Å². The molecule has 11 nitrogen and oxygen atoms in total. The molecule has 5 aliphatic heterocycles. The number of aliphatic hydroxyl groups is 1. The number of fused-ring (bicyclic) bond motifs is 4. The van der Waals surface area contributed by atoms with Crippen molar-refractivity contribution in [2.24, 2.45) is 11.8 Å². The molecule has 0 aromatic heterocycles. The van der Waals surface area contributed by atoms with Crippen LogP contribution < -0.4 is 24.8 Å². The lowest BCUT2D eigenvalue weighted by Crippen LogP contribution is -2.50. The number of Topliss-reactive ketones (excluding diaryl/α,β-unsaturated/α-hetero) is 1. The zero-order valence-corrected chi connectivity index (χ0v) is 35.9. The second kappa shape index (κ2) is 15.8. The van der Waals surface area contributed by atoms with E-state index in [9.17, 15) is 23.1 Å². The Bertz CT molecular complexity index is 2350. The van der Waals surface area contributed by atoms with Crippen molar-refractivity contribution >= 4 is 44.2 Å². The van der Waals surface area contributed by atoms with E-state index < -0.39 is 45.2 Å². The maximum atomic E-state index is 15.7. The molecule has 7 rings (SSSR count). The molecule has 59 heavy (non-hydrogen) atoms. The predicted molar refractivity (Wildman–Crippen MR) is 221 cm³/mol. The maximum Gasteiger partial charge on any atom is 0.417 e. The van der Waals surface area contributed by atoms with E-state index in [4.69, 9.17) is 9.47 Å². The molecule has 320 valence electrons. The normalized spacial score (nSPS) is 21.1. The molecule has 5 heterocycles. The topological polar surface area (TPSA) is 120 Å². The molecule has 0 amide bonds. The Balaban J connectivity index is 1.34. The molecule has 0 spiro atoms. The summed E-state index contributed by atoms with van der Waals surface area (Å²) in [4.78, 5) is 28.6. The second-order valence-corrected chi connectivity index (χ2v) is 19.4. The number of likely N-dealkylation sites (tertiary alicyclic amines) is 1. The van der Waals surface area contributed by atoms with Crippen LogP contribution >= 0.6 is 0 Å². The number of aliphatic hydroxyl groups excluding tert-OH is 1. The maximum absolute atomic E-state index is 15.7. The van der Waals surface area contributed by atoms with Gasteiger partial charge in [-0.3, -0.25) is 14.5 Å². The molecule has 2 aromatic carbocycles. The van der Waals surface area contributed by atoms with Gasteiger partial charge in [-0.1, -0.05) is 6.08 Å². The highest BCUT2D eigenvalue weighted by molar-refractivity contribution is 7.89. The minimum atomic E-state index is -4.81. The molecule has 0 saturated carbocycles. The lowest BCUT2D eigenvalue weighted by Gasteiger charge is -2.44. The number of hydrogen-bond acceptors (Lipinski definition) is 9. The zero-order chi connectivity index (χ0) is 42.8. The fourth-order valence-electron chi connectivity index (χ4n) is 10.0. The number of carbonyl (C=O) groups is 2. The van der Waals surface area contributed by atoms with Crippen LogP contribution in [0.1, 0.15) is 83.9 Å². The van der Waals surface area contributed by atoms with Crippen LogP contribution in [-0.2, 0) is 24.3 Å². The van der Waals surface area contributed by atoms with Crippen LogP contribution in [0.15, 0.2) is 36.4 Å².